The number of hydrogen-bond acceptors (Lipinski definition) is 4. The van der Waals surface area contributed by atoms with Crippen LogP contribution in [0.4, 0.5) is 10.1 Å². The Balaban J connectivity index is 1.55. The second-order valence-corrected chi connectivity index (χ2v) is 6.20. The van der Waals surface area contributed by atoms with Crippen LogP contribution in [-0.4, -0.2) is 50.2 Å². The van der Waals surface area contributed by atoms with E-state index >= 15 is 0 Å². The number of halogens is 1. The lowest BCUT2D eigenvalue weighted by atomic mass is 10.2. The van der Waals surface area contributed by atoms with Gasteiger partial charge in [-0.25, -0.2) is 4.39 Å². The van der Waals surface area contributed by atoms with E-state index in [2.05, 4.69) is 0 Å². The molecule has 1 heterocycles. The number of amides is 1. The van der Waals surface area contributed by atoms with E-state index in [1.54, 1.807) is 55.3 Å². The van der Waals surface area contributed by atoms with Gasteiger partial charge in [0.05, 0.1) is 12.8 Å². The van der Waals surface area contributed by atoms with Crippen LogP contribution in [0.15, 0.2) is 48.5 Å². The van der Waals surface area contributed by atoms with Crippen molar-refractivity contribution < 1.29 is 18.7 Å². The number of ether oxygens (including phenoxy) is 2. The molecule has 1 saturated heterocycles. The normalized spacial score (nSPS) is 15.5. The molecule has 1 amide bonds. The lowest BCUT2D eigenvalue weighted by Crippen LogP contribution is -2.52. The van der Waals surface area contributed by atoms with Crippen LogP contribution in [0.25, 0.3) is 0 Å². The zero-order valence-electron chi connectivity index (χ0n) is 15.0. The van der Waals surface area contributed by atoms with Gasteiger partial charge in [-0.2, -0.15) is 0 Å². The molecule has 138 valence electrons. The van der Waals surface area contributed by atoms with Gasteiger partial charge in [-0.1, -0.05) is 12.1 Å². The number of piperazine rings is 1. The van der Waals surface area contributed by atoms with Gasteiger partial charge in [0.2, 0.25) is 0 Å². The van der Waals surface area contributed by atoms with Crippen LogP contribution in [-0.2, 0) is 4.79 Å². The highest BCUT2D eigenvalue weighted by Gasteiger charge is 2.26. The average Bonchev–Trinajstić information content (AvgIpc) is 2.68. The molecule has 0 bridgehead atoms. The molecule has 0 radical (unpaired) electrons. The van der Waals surface area contributed by atoms with Crippen molar-refractivity contribution in [3.63, 3.8) is 0 Å². The quantitative estimate of drug-likeness (QED) is 0.824. The van der Waals surface area contributed by atoms with E-state index in [9.17, 15) is 9.18 Å². The van der Waals surface area contributed by atoms with Gasteiger partial charge in [0.1, 0.15) is 17.3 Å². The van der Waals surface area contributed by atoms with Crippen LogP contribution >= 0.6 is 0 Å². The molecule has 0 aromatic heterocycles. The van der Waals surface area contributed by atoms with Gasteiger partial charge in [0.25, 0.3) is 5.91 Å². The molecule has 0 spiro atoms. The van der Waals surface area contributed by atoms with Crippen molar-refractivity contribution >= 4 is 11.6 Å². The fourth-order valence-corrected chi connectivity index (χ4v) is 3.04. The van der Waals surface area contributed by atoms with Gasteiger partial charge in [-0.3, -0.25) is 4.79 Å². The molecule has 2 aromatic rings. The highest BCUT2D eigenvalue weighted by atomic mass is 19.1. The molecule has 0 aliphatic carbocycles. The molecular formula is C20H23FN2O3. The number of methoxy groups -OCH3 is 1. The largest absolute Gasteiger partial charge is 0.497 e. The summed E-state index contributed by atoms with van der Waals surface area (Å²) < 4.78 is 24.8. The summed E-state index contributed by atoms with van der Waals surface area (Å²) in [4.78, 5) is 16.4. The van der Waals surface area contributed by atoms with E-state index in [0.29, 0.717) is 37.6 Å². The standard InChI is InChI=1S/C20H23FN2O3/c1-15(26-17-9-7-16(25-2)8-10-17)20(24)23-13-11-22(12-14-23)19-6-4-3-5-18(19)21/h3-10,15H,11-14H2,1-2H3. The summed E-state index contributed by atoms with van der Waals surface area (Å²) in [7, 11) is 1.60. The van der Waals surface area contributed by atoms with Crippen LogP contribution in [0, 0.1) is 5.82 Å². The number of rotatable bonds is 5. The second-order valence-electron chi connectivity index (χ2n) is 6.20. The Morgan fingerprint density at radius 1 is 1.00 bits per heavy atom. The Morgan fingerprint density at radius 2 is 1.62 bits per heavy atom. The summed E-state index contributed by atoms with van der Waals surface area (Å²) in [6.45, 7) is 4.03. The van der Waals surface area contributed by atoms with Crippen LogP contribution in [0.1, 0.15) is 6.92 Å². The minimum atomic E-state index is -0.580. The molecule has 5 nitrogen and oxygen atoms in total. The van der Waals surface area contributed by atoms with Crippen LogP contribution < -0.4 is 14.4 Å². The van der Waals surface area contributed by atoms with Crippen LogP contribution in [0.2, 0.25) is 0 Å². The van der Waals surface area contributed by atoms with Gasteiger partial charge >= 0.3 is 0 Å². The Morgan fingerprint density at radius 3 is 2.23 bits per heavy atom. The second kappa shape index (κ2) is 8.08. The number of para-hydroxylation sites is 1. The minimum absolute atomic E-state index is 0.0611. The zero-order valence-corrected chi connectivity index (χ0v) is 15.0. The molecule has 1 aliphatic heterocycles. The number of carbonyl (C=O) groups is 1. The molecule has 1 fully saturated rings. The van der Waals surface area contributed by atoms with Crippen molar-refractivity contribution in [1.82, 2.24) is 4.90 Å². The maximum Gasteiger partial charge on any atom is 0.263 e. The van der Waals surface area contributed by atoms with Gasteiger partial charge in [0.15, 0.2) is 6.10 Å². The van der Waals surface area contributed by atoms with E-state index in [-0.39, 0.29) is 11.7 Å². The predicted octanol–water partition coefficient (Wildman–Crippen LogP) is 2.95. The van der Waals surface area contributed by atoms with E-state index in [0.717, 1.165) is 5.75 Å². The molecule has 0 saturated carbocycles. The average molecular weight is 358 g/mol. The first kappa shape index (κ1) is 18.0. The molecular weight excluding hydrogens is 335 g/mol. The Kier molecular flexibility index (Phi) is 5.61. The topological polar surface area (TPSA) is 42.0 Å². The number of benzene rings is 2. The zero-order chi connectivity index (χ0) is 18.5. The summed E-state index contributed by atoms with van der Waals surface area (Å²) in [6.07, 6.45) is -0.580. The summed E-state index contributed by atoms with van der Waals surface area (Å²) in [5, 5.41) is 0. The van der Waals surface area contributed by atoms with Crippen LogP contribution in [0.3, 0.4) is 0 Å². The third-order valence-corrected chi connectivity index (χ3v) is 4.50. The van der Waals surface area contributed by atoms with Gasteiger partial charge in [-0.05, 0) is 43.3 Å². The molecule has 6 heteroatoms. The number of carbonyl (C=O) groups excluding carboxylic acids is 1. The summed E-state index contributed by atoms with van der Waals surface area (Å²) in [6, 6.07) is 13.9. The van der Waals surface area contributed by atoms with Crippen molar-refractivity contribution in [3.8, 4) is 11.5 Å². The van der Waals surface area contributed by atoms with Gasteiger partial charge < -0.3 is 19.3 Å². The van der Waals surface area contributed by atoms with E-state index in [1.165, 1.54) is 6.07 Å². The van der Waals surface area contributed by atoms with Crippen LogP contribution in [0.5, 0.6) is 11.5 Å². The molecule has 0 N–H and O–H groups in total. The predicted molar refractivity (Wildman–Crippen MR) is 98.3 cm³/mol. The molecule has 1 aliphatic rings. The first-order chi connectivity index (χ1) is 12.6. The summed E-state index contributed by atoms with van der Waals surface area (Å²) >= 11 is 0. The molecule has 1 atom stereocenters. The third kappa shape index (κ3) is 4.07. The van der Waals surface area contributed by atoms with Crippen molar-refractivity contribution in [3.05, 3.63) is 54.3 Å². The molecule has 3 rings (SSSR count). The smallest absolute Gasteiger partial charge is 0.263 e. The maximum absolute atomic E-state index is 13.9. The monoisotopic (exact) mass is 358 g/mol. The maximum atomic E-state index is 13.9. The fourth-order valence-electron chi connectivity index (χ4n) is 3.04. The van der Waals surface area contributed by atoms with E-state index in [4.69, 9.17) is 9.47 Å². The number of hydrogen-bond donors (Lipinski definition) is 0. The Labute approximate surface area is 152 Å². The number of nitrogens with zero attached hydrogens (tertiary/aromatic N) is 2. The first-order valence-corrected chi connectivity index (χ1v) is 8.67. The van der Waals surface area contributed by atoms with Crippen molar-refractivity contribution in [2.75, 3.05) is 38.2 Å². The molecule has 2 aromatic carbocycles. The summed E-state index contributed by atoms with van der Waals surface area (Å²) in [5.74, 6) is 1.06. The van der Waals surface area contributed by atoms with Gasteiger partial charge in [0, 0.05) is 26.2 Å². The fraction of sp³-hybridized carbons (Fsp3) is 0.350. The lowest BCUT2D eigenvalue weighted by molar-refractivity contribution is -0.138. The Bertz CT molecular complexity index is 743. The van der Waals surface area contributed by atoms with Gasteiger partial charge in [-0.15, -0.1) is 0 Å². The highest BCUT2D eigenvalue weighted by molar-refractivity contribution is 5.81. The highest BCUT2D eigenvalue weighted by Crippen LogP contribution is 2.21. The Hall–Kier alpha value is -2.76. The SMILES string of the molecule is COc1ccc(OC(C)C(=O)N2CCN(c3ccccc3F)CC2)cc1. The van der Waals surface area contributed by atoms with Crippen molar-refractivity contribution in [2.24, 2.45) is 0 Å². The first-order valence-electron chi connectivity index (χ1n) is 8.67. The molecule has 1 unspecified atom stereocenters. The number of anilines is 1. The van der Waals surface area contributed by atoms with E-state index in [1.807, 2.05) is 11.0 Å². The lowest BCUT2D eigenvalue weighted by Gasteiger charge is -2.37. The van der Waals surface area contributed by atoms with E-state index < -0.39 is 6.10 Å². The minimum Gasteiger partial charge on any atom is -0.497 e. The summed E-state index contributed by atoms with van der Waals surface area (Å²) in [5.41, 5.74) is 0.585. The third-order valence-electron chi connectivity index (χ3n) is 4.50. The molecule has 26 heavy (non-hydrogen) atoms. The van der Waals surface area contributed by atoms with Crippen molar-refractivity contribution in [2.45, 2.75) is 13.0 Å². The van der Waals surface area contributed by atoms with Crippen molar-refractivity contribution in [1.29, 1.82) is 0 Å².